The van der Waals surface area contributed by atoms with Crippen LogP contribution in [0.4, 0.5) is 0 Å². The fraction of sp³-hybridized carbons (Fsp3) is 0.647. The third kappa shape index (κ3) is 2.98. The second kappa shape index (κ2) is 6.86. The van der Waals surface area contributed by atoms with Gasteiger partial charge in [-0.1, -0.05) is 6.42 Å². The molecular formula is C17H26ClN5O. The number of fused-ring (bicyclic) bond motifs is 2. The van der Waals surface area contributed by atoms with Gasteiger partial charge in [0.05, 0.1) is 11.4 Å². The van der Waals surface area contributed by atoms with Gasteiger partial charge in [-0.3, -0.25) is 14.8 Å². The molecule has 2 aromatic rings. The molecule has 2 aliphatic rings. The fourth-order valence-electron chi connectivity index (χ4n) is 3.77. The van der Waals surface area contributed by atoms with Gasteiger partial charge in [0.15, 0.2) is 5.65 Å². The molecule has 1 atom stereocenters. The van der Waals surface area contributed by atoms with E-state index in [9.17, 15) is 4.79 Å². The highest BCUT2D eigenvalue weighted by atomic mass is 35.5. The highest BCUT2D eigenvalue weighted by Gasteiger charge is 2.24. The lowest BCUT2D eigenvalue weighted by molar-refractivity contribution is 0.199. The number of aromatic nitrogens is 3. The largest absolute Gasteiger partial charge is 0.309 e. The van der Waals surface area contributed by atoms with Crippen LogP contribution in [0, 0.1) is 0 Å². The lowest BCUT2D eigenvalue weighted by atomic mass is 10.0. The Morgan fingerprint density at radius 2 is 2.17 bits per heavy atom. The summed E-state index contributed by atoms with van der Waals surface area (Å²) >= 11 is 0. The van der Waals surface area contributed by atoms with Crippen LogP contribution in [0.2, 0.25) is 0 Å². The summed E-state index contributed by atoms with van der Waals surface area (Å²) in [4.78, 5) is 20.0. The maximum atomic E-state index is 12.8. The molecule has 4 rings (SSSR count). The third-order valence-corrected chi connectivity index (χ3v) is 5.23. The van der Waals surface area contributed by atoms with Gasteiger partial charge in [-0.05, 0) is 39.7 Å². The molecule has 0 saturated carbocycles. The maximum Gasteiger partial charge on any atom is 0.276 e. The number of aromatic amines is 1. The summed E-state index contributed by atoms with van der Waals surface area (Å²) in [5.74, 6) is 0. The van der Waals surface area contributed by atoms with E-state index >= 15 is 0 Å². The van der Waals surface area contributed by atoms with E-state index in [-0.39, 0.29) is 18.0 Å². The molecule has 0 radical (unpaired) electrons. The van der Waals surface area contributed by atoms with E-state index in [2.05, 4.69) is 29.2 Å². The van der Waals surface area contributed by atoms with Crippen molar-refractivity contribution in [3.63, 3.8) is 0 Å². The van der Waals surface area contributed by atoms with Crippen LogP contribution >= 0.6 is 12.4 Å². The topological polar surface area (TPSA) is 65.4 Å². The molecule has 0 amide bonds. The molecule has 1 fully saturated rings. The van der Waals surface area contributed by atoms with Gasteiger partial charge >= 0.3 is 0 Å². The summed E-state index contributed by atoms with van der Waals surface area (Å²) in [6.45, 7) is 7.15. The monoisotopic (exact) mass is 351 g/mol. The van der Waals surface area contributed by atoms with Crippen molar-refractivity contribution in [1.82, 2.24) is 24.8 Å². The Morgan fingerprint density at radius 1 is 1.33 bits per heavy atom. The fourth-order valence-corrected chi connectivity index (χ4v) is 3.77. The number of hydrogen-bond donors (Lipinski definition) is 2. The minimum atomic E-state index is 0. The van der Waals surface area contributed by atoms with Crippen LogP contribution in [-0.2, 0) is 13.0 Å². The van der Waals surface area contributed by atoms with E-state index in [0.717, 1.165) is 55.1 Å². The van der Waals surface area contributed by atoms with Gasteiger partial charge in [-0.15, -0.1) is 12.4 Å². The molecule has 7 heteroatoms. The third-order valence-electron chi connectivity index (χ3n) is 5.23. The second-order valence-electron chi connectivity index (χ2n) is 7.06. The van der Waals surface area contributed by atoms with Gasteiger partial charge in [0, 0.05) is 36.8 Å². The summed E-state index contributed by atoms with van der Waals surface area (Å²) in [6.07, 6.45) is 4.37. The van der Waals surface area contributed by atoms with Gasteiger partial charge in [0.2, 0.25) is 0 Å². The van der Waals surface area contributed by atoms with Crippen LogP contribution < -0.4 is 10.9 Å². The Balaban J connectivity index is 0.00000169. The van der Waals surface area contributed by atoms with Gasteiger partial charge in [-0.25, -0.2) is 9.50 Å². The van der Waals surface area contributed by atoms with Crippen LogP contribution in [0.25, 0.3) is 5.65 Å². The summed E-state index contributed by atoms with van der Waals surface area (Å²) in [6, 6.07) is 2.84. The zero-order chi connectivity index (χ0) is 16.0. The van der Waals surface area contributed by atoms with E-state index in [1.54, 1.807) is 4.52 Å². The number of rotatable bonds is 2. The zero-order valence-corrected chi connectivity index (χ0v) is 15.2. The number of H-pyrrole nitrogens is 1. The minimum Gasteiger partial charge on any atom is -0.309 e. The first kappa shape index (κ1) is 17.5. The highest BCUT2D eigenvalue weighted by Crippen LogP contribution is 2.23. The molecule has 4 heterocycles. The van der Waals surface area contributed by atoms with Crippen molar-refractivity contribution in [3.05, 3.63) is 33.4 Å². The van der Waals surface area contributed by atoms with E-state index in [1.165, 1.54) is 12.8 Å². The molecule has 6 nitrogen and oxygen atoms in total. The van der Waals surface area contributed by atoms with Crippen molar-refractivity contribution in [1.29, 1.82) is 0 Å². The summed E-state index contributed by atoms with van der Waals surface area (Å²) in [5, 5.41) is 6.81. The van der Waals surface area contributed by atoms with Gasteiger partial charge < -0.3 is 5.32 Å². The predicted molar refractivity (Wildman–Crippen MR) is 96.9 cm³/mol. The van der Waals surface area contributed by atoms with Gasteiger partial charge in [0.1, 0.15) is 0 Å². The van der Waals surface area contributed by atoms with Crippen molar-refractivity contribution in [2.24, 2.45) is 0 Å². The molecule has 0 bridgehead atoms. The second-order valence-corrected chi connectivity index (χ2v) is 7.06. The number of nitrogens with one attached hydrogen (secondary N) is 2. The van der Waals surface area contributed by atoms with Gasteiger partial charge in [0.25, 0.3) is 5.56 Å². The lowest BCUT2D eigenvalue weighted by Gasteiger charge is -2.30. The molecule has 0 aliphatic carbocycles. The first-order valence-electron chi connectivity index (χ1n) is 8.74. The van der Waals surface area contributed by atoms with Crippen molar-refractivity contribution in [3.8, 4) is 0 Å². The van der Waals surface area contributed by atoms with Crippen LogP contribution in [-0.4, -0.2) is 38.6 Å². The van der Waals surface area contributed by atoms with Crippen molar-refractivity contribution in [2.45, 2.75) is 58.2 Å². The van der Waals surface area contributed by atoms with Gasteiger partial charge in [-0.2, -0.15) is 0 Å². The SMILES string of the molecule is CC(C)N1CCc2c(nc3cc(C4CCCCN4)[nH]n3c2=O)C1.Cl. The first-order chi connectivity index (χ1) is 11.1. The zero-order valence-electron chi connectivity index (χ0n) is 14.3. The summed E-state index contributed by atoms with van der Waals surface area (Å²) in [7, 11) is 0. The smallest absolute Gasteiger partial charge is 0.276 e. The molecule has 2 aliphatic heterocycles. The number of nitrogens with zero attached hydrogens (tertiary/aromatic N) is 3. The van der Waals surface area contributed by atoms with E-state index in [0.29, 0.717) is 12.1 Å². The number of piperidine rings is 1. The molecule has 1 unspecified atom stereocenters. The molecule has 2 aromatic heterocycles. The van der Waals surface area contributed by atoms with Crippen LogP contribution in [0.15, 0.2) is 10.9 Å². The predicted octanol–water partition coefficient (Wildman–Crippen LogP) is 2.03. The Bertz CT molecular complexity index is 775. The summed E-state index contributed by atoms with van der Waals surface area (Å²) in [5.41, 5.74) is 3.75. The normalized spacial score (nSPS) is 21.7. The van der Waals surface area contributed by atoms with E-state index < -0.39 is 0 Å². The minimum absolute atomic E-state index is 0. The van der Waals surface area contributed by atoms with Crippen LogP contribution in [0.5, 0.6) is 0 Å². The Kier molecular flexibility index (Phi) is 4.99. The molecule has 0 spiro atoms. The molecule has 2 N–H and O–H groups in total. The van der Waals surface area contributed by atoms with E-state index in [4.69, 9.17) is 4.98 Å². The van der Waals surface area contributed by atoms with Crippen molar-refractivity contribution >= 4 is 18.1 Å². The first-order valence-corrected chi connectivity index (χ1v) is 8.74. The average Bonchev–Trinajstić information content (AvgIpc) is 2.99. The standard InChI is InChI=1S/C17H25N5O.ClH/c1-11(2)21-8-6-12-15(10-21)19-16-9-14(20-22(16)17(12)23)13-5-3-4-7-18-13;/h9,11,13,18,20H,3-8,10H2,1-2H3;1H. The van der Waals surface area contributed by atoms with Crippen LogP contribution in [0.3, 0.4) is 0 Å². The highest BCUT2D eigenvalue weighted by molar-refractivity contribution is 5.85. The Hall–Kier alpha value is -1.37. The average molecular weight is 352 g/mol. The Morgan fingerprint density at radius 3 is 2.88 bits per heavy atom. The van der Waals surface area contributed by atoms with E-state index in [1.807, 2.05) is 6.07 Å². The maximum absolute atomic E-state index is 12.8. The lowest BCUT2D eigenvalue weighted by Crippen LogP contribution is -2.39. The Labute approximate surface area is 148 Å². The molecular weight excluding hydrogens is 326 g/mol. The number of halogens is 1. The molecule has 132 valence electrons. The van der Waals surface area contributed by atoms with Crippen molar-refractivity contribution < 1.29 is 0 Å². The number of hydrogen-bond acceptors (Lipinski definition) is 4. The molecule has 24 heavy (non-hydrogen) atoms. The molecule has 0 aromatic carbocycles. The van der Waals surface area contributed by atoms with Crippen molar-refractivity contribution in [2.75, 3.05) is 13.1 Å². The summed E-state index contributed by atoms with van der Waals surface area (Å²) < 4.78 is 1.63. The molecule has 1 saturated heterocycles. The quantitative estimate of drug-likeness (QED) is 0.868. The van der Waals surface area contributed by atoms with Crippen LogP contribution in [0.1, 0.15) is 56.1 Å².